The lowest BCUT2D eigenvalue weighted by atomic mass is 9.90. The average Bonchev–Trinajstić information content (AvgIpc) is 2.77. The van der Waals surface area contributed by atoms with Gasteiger partial charge in [-0.15, -0.1) is 0 Å². The second kappa shape index (κ2) is 4.49. The number of carbonyl (C=O) groups excluding carboxylic acids is 1. The van der Waals surface area contributed by atoms with Crippen LogP contribution >= 0.6 is 0 Å². The van der Waals surface area contributed by atoms with Crippen LogP contribution in [0.1, 0.15) is 30.9 Å². The first-order chi connectivity index (χ1) is 8.34. The van der Waals surface area contributed by atoms with Gasteiger partial charge in [-0.3, -0.25) is 4.79 Å². The number of hydrogen-bond donors (Lipinski definition) is 1. The van der Waals surface area contributed by atoms with Gasteiger partial charge in [-0.1, -0.05) is 36.8 Å². The topological polar surface area (TPSA) is 38.3 Å². The van der Waals surface area contributed by atoms with Gasteiger partial charge in [0.2, 0.25) is 5.91 Å². The molecule has 1 aromatic rings. The number of fused-ring (bicyclic) bond motifs is 1. The predicted octanol–water partition coefficient (Wildman–Crippen LogP) is 2.04. The van der Waals surface area contributed by atoms with Crippen molar-refractivity contribution in [2.75, 3.05) is 6.61 Å². The summed E-state index contributed by atoms with van der Waals surface area (Å²) in [5.41, 5.74) is 1.20. The van der Waals surface area contributed by atoms with Gasteiger partial charge in [0.25, 0.3) is 0 Å². The van der Waals surface area contributed by atoms with E-state index in [0.717, 1.165) is 12.8 Å². The molecule has 0 spiro atoms. The van der Waals surface area contributed by atoms with Crippen LogP contribution in [-0.2, 0) is 9.53 Å². The molecule has 3 unspecified atom stereocenters. The number of nitrogens with one attached hydrogen (secondary N) is 1. The van der Waals surface area contributed by atoms with E-state index in [9.17, 15) is 4.79 Å². The van der Waals surface area contributed by atoms with Gasteiger partial charge in [-0.05, 0) is 18.4 Å². The molecule has 3 atom stereocenters. The molecule has 0 bridgehead atoms. The van der Waals surface area contributed by atoms with Gasteiger partial charge in [-0.25, -0.2) is 0 Å². The van der Waals surface area contributed by atoms with Crippen molar-refractivity contribution in [2.24, 2.45) is 5.92 Å². The van der Waals surface area contributed by atoms with Gasteiger partial charge < -0.3 is 10.1 Å². The molecule has 17 heavy (non-hydrogen) atoms. The van der Waals surface area contributed by atoms with Crippen molar-refractivity contribution in [3.63, 3.8) is 0 Å². The highest BCUT2D eigenvalue weighted by Gasteiger charge is 2.38. The molecule has 3 nitrogen and oxygen atoms in total. The zero-order valence-corrected chi connectivity index (χ0v) is 9.76. The summed E-state index contributed by atoms with van der Waals surface area (Å²) in [6.45, 7) is 0.213. The Kier molecular flexibility index (Phi) is 2.85. The first-order valence-corrected chi connectivity index (χ1v) is 6.30. The Morgan fingerprint density at radius 1 is 1.18 bits per heavy atom. The van der Waals surface area contributed by atoms with Gasteiger partial charge in [0.15, 0.2) is 0 Å². The first-order valence-electron chi connectivity index (χ1n) is 6.30. The van der Waals surface area contributed by atoms with Gasteiger partial charge in [0.1, 0.15) is 6.61 Å². The molecule has 1 saturated carbocycles. The minimum absolute atomic E-state index is 0.00764. The van der Waals surface area contributed by atoms with Crippen LogP contribution in [0.4, 0.5) is 0 Å². The number of carbonyl (C=O) groups is 1. The number of amides is 1. The van der Waals surface area contributed by atoms with E-state index in [-0.39, 0.29) is 24.7 Å². The van der Waals surface area contributed by atoms with Crippen molar-refractivity contribution in [2.45, 2.75) is 31.4 Å². The molecule has 90 valence electrons. The third kappa shape index (κ3) is 2.07. The Labute approximate surface area is 101 Å². The summed E-state index contributed by atoms with van der Waals surface area (Å²) in [6, 6.07) is 10.4. The van der Waals surface area contributed by atoms with Gasteiger partial charge in [0.05, 0.1) is 12.1 Å². The summed E-state index contributed by atoms with van der Waals surface area (Å²) >= 11 is 0. The maximum Gasteiger partial charge on any atom is 0.246 e. The van der Waals surface area contributed by atoms with Crippen LogP contribution in [0.15, 0.2) is 30.3 Å². The highest BCUT2D eigenvalue weighted by atomic mass is 16.5. The Morgan fingerprint density at radius 3 is 2.82 bits per heavy atom. The summed E-state index contributed by atoms with van der Waals surface area (Å²) in [4.78, 5) is 11.7. The van der Waals surface area contributed by atoms with Crippen LogP contribution < -0.4 is 5.32 Å². The highest BCUT2D eigenvalue weighted by Crippen LogP contribution is 2.38. The van der Waals surface area contributed by atoms with E-state index in [0.29, 0.717) is 5.92 Å². The SMILES string of the molecule is O=C1COC2CCCC2C(c2ccccc2)N1. The van der Waals surface area contributed by atoms with E-state index in [4.69, 9.17) is 4.74 Å². The molecule has 1 amide bonds. The smallest absolute Gasteiger partial charge is 0.246 e. The zero-order valence-electron chi connectivity index (χ0n) is 9.76. The molecule has 1 saturated heterocycles. The van der Waals surface area contributed by atoms with E-state index in [1.807, 2.05) is 18.2 Å². The molecule has 1 heterocycles. The van der Waals surface area contributed by atoms with Crippen LogP contribution in [0, 0.1) is 5.92 Å². The number of benzene rings is 1. The molecular formula is C14H17NO2. The molecule has 1 aliphatic heterocycles. The van der Waals surface area contributed by atoms with Crippen molar-refractivity contribution in [1.82, 2.24) is 5.32 Å². The minimum atomic E-state index is 0.00764. The predicted molar refractivity (Wildman–Crippen MR) is 64.4 cm³/mol. The lowest BCUT2D eigenvalue weighted by molar-refractivity contribution is -0.126. The summed E-state index contributed by atoms with van der Waals surface area (Å²) in [5, 5.41) is 3.10. The molecule has 3 rings (SSSR count). The van der Waals surface area contributed by atoms with Gasteiger partial charge in [0, 0.05) is 5.92 Å². The van der Waals surface area contributed by atoms with Crippen LogP contribution in [0.5, 0.6) is 0 Å². The van der Waals surface area contributed by atoms with Gasteiger partial charge >= 0.3 is 0 Å². The fourth-order valence-corrected chi connectivity index (χ4v) is 3.04. The molecule has 0 aromatic heterocycles. The largest absolute Gasteiger partial charge is 0.368 e. The fourth-order valence-electron chi connectivity index (χ4n) is 3.04. The number of ether oxygens (including phenoxy) is 1. The summed E-state index contributed by atoms with van der Waals surface area (Å²) in [6.07, 6.45) is 3.68. The molecule has 2 fully saturated rings. The maximum absolute atomic E-state index is 11.7. The van der Waals surface area contributed by atoms with Crippen molar-refractivity contribution in [1.29, 1.82) is 0 Å². The Balaban J connectivity index is 1.91. The summed E-state index contributed by atoms with van der Waals surface area (Å²) in [7, 11) is 0. The molecule has 1 N–H and O–H groups in total. The zero-order chi connectivity index (χ0) is 11.7. The van der Waals surface area contributed by atoms with Crippen LogP contribution in [0.3, 0.4) is 0 Å². The lowest BCUT2D eigenvalue weighted by Gasteiger charge is -2.25. The van der Waals surface area contributed by atoms with Crippen LogP contribution in [-0.4, -0.2) is 18.6 Å². The standard InChI is InChI=1S/C14H17NO2/c16-13-9-17-12-8-4-7-11(12)14(15-13)10-5-2-1-3-6-10/h1-3,5-6,11-12,14H,4,7-9H2,(H,15,16). The summed E-state index contributed by atoms with van der Waals surface area (Å²) in [5.74, 6) is 0.442. The molecule has 1 aromatic carbocycles. The van der Waals surface area contributed by atoms with Crippen molar-refractivity contribution < 1.29 is 9.53 Å². The van der Waals surface area contributed by atoms with E-state index in [1.54, 1.807) is 0 Å². The second-order valence-electron chi connectivity index (χ2n) is 4.90. The van der Waals surface area contributed by atoms with Crippen molar-refractivity contribution in [3.8, 4) is 0 Å². The third-order valence-corrected chi connectivity index (χ3v) is 3.84. The Morgan fingerprint density at radius 2 is 2.00 bits per heavy atom. The van der Waals surface area contributed by atoms with Crippen LogP contribution in [0.2, 0.25) is 0 Å². The normalized spacial score (nSPS) is 32.7. The van der Waals surface area contributed by atoms with E-state index in [1.165, 1.54) is 12.0 Å². The van der Waals surface area contributed by atoms with E-state index >= 15 is 0 Å². The second-order valence-corrected chi connectivity index (χ2v) is 4.90. The average molecular weight is 231 g/mol. The first kappa shape index (κ1) is 10.8. The third-order valence-electron chi connectivity index (χ3n) is 3.84. The van der Waals surface area contributed by atoms with E-state index < -0.39 is 0 Å². The minimum Gasteiger partial charge on any atom is -0.368 e. The van der Waals surface area contributed by atoms with Crippen molar-refractivity contribution >= 4 is 5.91 Å². The Hall–Kier alpha value is -1.35. The Bertz CT molecular complexity index is 404. The van der Waals surface area contributed by atoms with Crippen molar-refractivity contribution in [3.05, 3.63) is 35.9 Å². The van der Waals surface area contributed by atoms with E-state index in [2.05, 4.69) is 17.4 Å². The number of hydrogen-bond acceptors (Lipinski definition) is 2. The lowest BCUT2D eigenvalue weighted by Crippen LogP contribution is -2.33. The molecule has 3 heteroatoms. The molecule has 1 aliphatic carbocycles. The quantitative estimate of drug-likeness (QED) is 0.803. The number of rotatable bonds is 1. The molecule has 0 radical (unpaired) electrons. The molecule has 2 aliphatic rings. The summed E-state index contributed by atoms with van der Waals surface area (Å²) < 4.78 is 5.68. The fraction of sp³-hybridized carbons (Fsp3) is 0.500. The van der Waals surface area contributed by atoms with Crippen LogP contribution in [0.25, 0.3) is 0 Å². The maximum atomic E-state index is 11.7. The monoisotopic (exact) mass is 231 g/mol. The highest BCUT2D eigenvalue weighted by molar-refractivity contribution is 5.78. The van der Waals surface area contributed by atoms with Gasteiger partial charge in [-0.2, -0.15) is 0 Å². The molecular weight excluding hydrogens is 214 g/mol.